The summed E-state index contributed by atoms with van der Waals surface area (Å²) in [6, 6.07) is 0. The molecule has 1 aliphatic rings. The number of halogens is 6. The summed E-state index contributed by atoms with van der Waals surface area (Å²) in [4.78, 5) is 88.9. The molecule has 0 amide bonds. The van der Waals surface area contributed by atoms with Gasteiger partial charge in [0.25, 0.3) is 0 Å². The highest BCUT2D eigenvalue weighted by Gasteiger charge is 2.62. The van der Waals surface area contributed by atoms with Crippen LogP contribution >= 0.6 is 116 Å². The molecule has 1 saturated carbocycles. The maximum Gasteiger partial charge on any atom is 0.397 e. The van der Waals surface area contributed by atoms with E-state index in [1.165, 1.54) is 0 Å². The molecule has 1 rings (SSSR count). The van der Waals surface area contributed by atoms with Crippen molar-refractivity contribution in [2.24, 2.45) is 33.0 Å². The highest BCUT2D eigenvalue weighted by Crippen LogP contribution is 2.60. The van der Waals surface area contributed by atoms with E-state index in [-0.39, 0.29) is 0 Å². The molecular formula is C6H30Cl6N6O18P6. The van der Waals surface area contributed by atoms with Gasteiger partial charge in [-0.2, -0.15) is 0 Å². The van der Waals surface area contributed by atoms with Crippen molar-refractivity contribution < 1.29 is 86.1 Å². The van der Waals surface area contributed by atoms with Gasteiger partial charge in [0.2, 0.25) is 0 Å². The monoisotopic (exact) mass is 870 g/mol. The van der Waals surface area contributed by atoms with E-state index in [4.69, 9.17) is 156 Å². The average Bonchev–Trinajstić information content (AvgIpc) is 2.42. The quantitative estimate of drug-likeness (QED) is 0.102. The second-order valence-electron chi connectivity index (χ2n) is 6.37. The van der Waals surface area contributed by atoms with E-state index in [1.807, 2.05) is 0 Å². The highest BCUT2D eigenvalue weighted by atomic mass is 35.5. The average molecular weight is 873 g/mol. The predicted octanol–water partition coefficient (Wildman–Crippen LogP) is -1.08. The molecule has 0 radical (unpaired) electrons. The van der Waals surface area contributed by atoms with Crippen molar-refractivity contribution in [3.05, 3.63) is 0 Å². The van der Waals surface area contributed by atoms with Crippen molar-refractivity contribution in [2.75, 3.05) is 0 Å². The van der Waals surface area contributed by atoms with Gasteiger partial charge in [-0.05, 0) is 19.3 Å². The van der Waals surface area contributed by atoms with Gasteiger partial charge >= 0.3 is 46.5 Å². The van der Waals surface area contributed by atoms with Gasteiger partial charge in [0.15, 0.2) is 13.0 Å². The maximum atomic E-state index is 9.10. The Bertz CT molecular complexity index is 810. The smallest absolute Gasteiger partial charge is 0.313 e. The van der Waals surface area contributed by atoms with E-state index < -0.39 is 59.5 Å². The van der Waals surface area contributed by atoms with Gasteiger partial charge in [0, 0.05) is 0 Å². The summed E-state index contributed by atoms with van der Waals surface area (Å²) < 4.78 is 50.5. The summed E-state index contributed by atoms with van der Waals surface area (Å²) in [5.74, 6) is 0. The summed E-state index contributed by atoms with van der Waals surface area (Å²) in [7, 11) is -24.8. The highest BCUT2D eigenvalue weighted by molar-refractivity contribution is 7.50. The van der Waals surface area contributed by atoms with Gasteiger partial charge in [-0.25, -0.2) is 60.4 Å². The number of hydrogen-bond donors (Lipinski definition) is 18. The van der Waals surface area contributed by atoms with Crippen LogP contribution in [-0.2, 0) is 27.4 Å². The van der Waals surface area contributed by atoms with Crippen LogP contribution in [0.25, 0.3) is 0 Å². The number of rotatable bonds is 0. The molecule has 0 aromatic rings. The molecule has 0 atom stereocenters. The fraction of sp³-hybridized carbons (Fsp3) is 1.00. The Balaban J connectivity index is -0.0000000944. The molecule has 1 aliphatic carbocycles. The lowest BCUT2D eigenvalue weighted by molar-refractivity contribution is 0.372. The first-order valence-corrected chi connectivity index (χ1v) is 20.7. The zero-order valence-corrected chi connectivity index (χ0v) is 29.8. The van der Waals surface area contributed by atoms with Crippen LogP contribution in [0.5, 0.6) is 0 Å². The van der Waals surface area contributed by atoms with Gasteiger partial charge in [-0.3, -0.25) is 0 Å². The van der Waals surface area contributed by atoms with Gasteiger partial charge in [-0.1, -0.05) is 69.6 Å². The molecule has 264 valence electrons. The van der Waals surface area contributed by atoms with Gasteiger partial charge in [0.1, 0.15) is 0 Å². The van der Waals surface area contributed by atoms with Crippen LogP contribution in [0, 0.1) is 0 Å². The zero-order valence-electron chi connectivity index (χ0n) is 19.9. The van der Waals surface area contributed by atoms with Gasteiger partial charge < -0.3 is 58.7 Å². The first-order chi connectivity index (χ1) is 17.2. The van der Waals surface area contributed by atoms with Crippen molar-refractivity contribution in [3.63, 3.8) is 0 Å². The molecule has 0 unspecified atom stereocenters. The summed E-state index contributed by atoms with van der Waals surface area (Å²) >= 11 is 35.3. The predicted molar refractivity (Wildman–Crippen MR) is 155 cm³/mol. The number of hydrogen-bond acceptors (Lipinski definition) is 6. The van der Waals surface area contributed by atoms with Crippen molar-refractivity contribution >= 4 is 116 Å². The summed E-state index contributed by atoms with van der Waals surface area (Å²) in [5, 5.41) is 0. The largest absolute Gasteiger partial charge is 0.397 e. The van der Waals surface area contributed by atoms with Crippen LogP contribution in [-0.4, -0.2) is 71.7 Å². The van der Waals surface area contributed by atoms with E-state index in [0.29, 0.717) is 19.3 Å². The van der Waals surface area contributed by atoms with Gasteiger partial charge in [0.05, 0.1) is 0 Å². The van der Waals surface area contributed by atoms with Crippen LogP contribution < -0.4 is 33.0 Å². The Morgan fingerprint density at radius 3 is 0.548 bits per heavy atom. The molecular weight excluding hydrogens is 843 g/mol. The third-order valence-electron chi connectivity index (χ3n) is 1.90. The molecule has 0 aromatic heterocycles. The third kappa shape index (κ3) is 90.1. The molecule has 0 aliphatic heterocycles. The topological polar surface area (TPSA) is 501 Å². The Hall–Kier alpha value is 2.40. The van der Waals surface area contributed by atoms with Gasteiger partial charge in [-0.15, -0.1) is 0 Å². The first kappa shape index (κ1) is 56.7. The van der Waals surface area contributed by atoms with Crippen molar-refractivity contribution in [1.29, 1.82) is 0 Å². The molecule has 24 nitrogen and oxygen atoms in total. The van der Waals surface area contributed by atoms with E-state index in [1.54, 1.807) is 0 Å². The third-order valence-corrected chi connectivity index (χ3v) is 5.85. The van der Waals surface area contributed by atoms with E-state index in [2.05, 4.69) is 33.0 Å². The number of nitrogens with two attached hydrogens (primary N) is 6. The second-order valence-corrected chi connectivity index (χ2v) is 17.7. The summed E-state index contributed by atoms with van der Waals surface area (Å²) in [6.45, 7) is 0. The lowest BCUT2D eigenvalue weighted by Crippen LogP contribution is -2.52. The molecule has 0 heterocycles. The van der Waals surface area contributed by atoms with Crippen LogP contribution in [0.2, 0.25) is 0 Å². The Morgan fingerprint density at radius 1 is 0.381 bits per heavy atom. The van der Waals surface area contributed by atoms with E-state index in [9.17, 15) is 0 Å². The molecule has 0 spiro atoms. The van der Waals surface area contributed by atoms with Crippen molar-refractivity contribution in [3.8, 4) is 0 Å². The molecule has 36 heteroatoms. The maximum absolute atomic E-state index is 9.10. The zero-order chi connectivity index (χ0) is 36.6. The fourth-order valence-electron chi connectivity index (χ4n) is 1.11. The van der Waals surface area contributed by atoms with Crippen LogP contribution in [0.1, 0.15) is 19.3 Å². The molecule has 0 aromatic carbocycles. The minimum absolute atomic E-state index is 0.490. The van der Waals surface area contributed by atoms with E-state index >= 15 is 0 Å². The minimum Gasteiger partial charge on any atom is -0.313 e. The standard InChI is InChI=1S/C6H6Cl6.6H4NO3P/c7-4(8)2-1-3-5(9,10)6(4,11)12;6*1-5(2,3)4/h1-3H2;6*(H4,1,2,3,4). The minimum atomic E-state index is -4.14. The molecule has 24 N–H and O–H groups in total. The Morgan fingerprint density at radius 2 is 0.476 bits per heavy atom. The van der Waals surface area contributed by atoms with Crippen LogP contribution in [0.15, 0.2) is 0 Å². The number of alkyl halides is 6. The Labute approximate surface area is 266 Å². The summed E-state index contributed by atoms with van der Waals surface area (Å²) in [6.07, 6.45) is 1.69. The molecule has 1 fully saturated rings. The van der Waals surface area contributed by atoms with Crippen LogP contribution in [0.4, 0.5) is 0 Å². The lowest BCUT2D eigenvalue weighted by atomic mass is 9.97. The molecule has 42 heavy (non-hydrogen) atoms. The summed E-state index contributed by atoms with van der Waals surface area (Å²) in [5.41, 5.74) is 24.1. The Kier molecular flexibility index (Phi) is 29.9. The second kappa shape index (κ2) is 22.1. The van der Waals surface area contributed by atoms with Crippen molar-refractivity contribution in [2.45, 2.75) is 32.3 Å². The lowest BCUT2D eigenvalue weighted by Gasteiger charge is -2.45. The molecule has 0 bridgehead atoms. The normalized spacial score (nSPS) is 17.4. The molecule has 0 saturated heterocycles. The SMILES string of the molecule is ClC1(Cl)CCCC(Cl)(Cl)C1(Cl)Cl.NP(=O)(O)O.NP(=O)(O)O.NP(=O)(O)O.NP(=O)(O)O.NP(=O)(O)O.NP(=O)(O)O. The van der Waals surface area contributed by atoms with Crippen molar-refractivity contribution in [1.82, 2.24) is 0 Å². The fourth-order valence-corrected chi connectivity index (χ4v) is 2.87. The van der Waals surface area contributed by atoms with Crippen LogP contribution in [0.3, 0.4) is 0 Å². The first-order valence-electron chi connectivity index (χ1n) is 8.39. The van der Waals surface area contributed by atoms with E-state index in [0.717, 1.165) is 0 Å².